The van der Waals surface area contributed by atoms with Crippen LogP contribution in [-0.4, -0.2) is 17.0 Å². The molecule has 0 atom stereocenters. The number of rotatable bonds is 2. The molecule has 1 aromatic rings. The Morgan fingerprint density at radius 1 is 1.27 bits per heavy atom. The number of hydrogen-bond donors (Lipinski definition) is 3. The quantitative estimate of drug-likeness (QED) is 0.489. The summed E-state index contributed by atoms with van der Waals surface area (Å²) in [5.41, 5.74) is 10.7. The molecule has 0 heterocycles. The normalized spacial score (nSPS) is 8.27. The molecular formula is C10H12N2O3. The molecule has 80 valence electrons. The van der Waals surface area contributed by atoms with E-state index in [1.54, 1.807) is 12.1 Å². The molecule has 5 nitrogen and oxygen atoms in total. The van der Waals surface area contributed by atoms with Gasteiger partial charge in [-0.05, 0) is 30.3 Å². The first kappa shape index (κ1) is 12.7. The molecule has 0 aliphatic carbocycles. The maximum Gasteiger partial charge on any atom is 0.335 e. The average Bonchev–Trinajstić information content (AvgIpc) is 2.19. The van der Waals surface area contributed by atoms with Crippen LogP contribution in [0.25, 0.3) is 0 Å². The molecule has 0 radical (unpaired) electrons. The second kappa shape index (κ2) is 6.20. The van der Waals surface area contributed by atoms with E-state index in [1.165, 1.54) is 12.1 Å². The zero-order chi connectivity index (χ0) is 11.8. The van der Waals surface area contributed by atoms with E-state index < -0.39 is 11.9 Å². The molecular weight excluding hydrogens is 196 g/mol. The van der Waals surface area contributed by atoms with Crippen molar-refractivity contribution >= 4 is 17.6 Å². The maximum atomic E-state index is 10.3. The number of hydrogen-bond acceptors (Lipinski definition) is 3. The number of amides is 1. The van der Waals surface area contributed by atoms with E-state index >= 15 is 0 Å². The third-order valence-corrected chi connectivity index (χ3v) is 1.36. The number of anilines is 1. The van der Waals surface area contributed by atoms with E-state index in [1.807, 2.05) is 0 Å². The van der Waals surface area contributed by atoms with Gasteiger partial charge in [0, 0.05) is 5.69 Å². The standard InChI is InChI=1S/C7H7NO2.C3H5NO/c8-6-3-1-5(2-4-6)7(9)10;1-2-3(4)5/h1-4H,8H2,(H,9,10);2H,1H2,(H2,4,5). The molecule has 0 saturated heterocycles. The van der Waals surface area contributed by atoms with Gasteiger partial charge in [0.15, 0.2) is 0 Å². The topological polar surface area (TPSA) is 106 Å². The fraction of sp³-hybridized carbons (Fsp3) is 0. The van der Waals surface area contributed by atoms with E-state index in [0.717, 1.165) is 6.08 Å². The summed E-state index contributed by atoms with van der Waals surface area (Å²) in [5, 5.41) is 8.43. The Labute approximate surface area is 87.0 Å². The molecule has 0 fully saturated rings. The molecule has 5 N–H and O–H groups in total. The van der Waals surface area contributed by atoms with Gasteiger partial charge in [0.2, 0.25) is 5.91 Å². The highest BCUT2D eigenvalue weighted by molar-refractivity contribution is 5.87. The van der Waals surface area contributed by atoms with Crippen LogP contribution in [0.3, 0.4) is 0 Å². The van der Waals surface area contributed by atoms with Gasteiger partial charge in [-0.15, -0.1) is 0 Å². The molecule has 0 aromatic heterocycles. The lowest BCUT2D eigenvalue weighted by Crippen LogP contribution is -2.04. The SMILES string of the molecule is C=CC(N)=O.Nc1ccc(C(=O)O)cc1. The first-order valence-corrected chi connectivity index (χ1v) is 3.98. The van der Waals surface area contributed by atoms with Crippen molar-refractivity contribution in [2.45, 2.75) is 0 Å². The van der Waals surface area contributed by atoms with Crippen molar-refractivity contribution in [2.75, 3.05) is 5.73 Å². The lowest BCUT2D eigenvalue weighted by molar-refractivity contribution is -0.113. The van der Waals surface area contributed by atoms with Crippen molar-refractivity contribution in [1.29, 1.82) is 0 Å². The Balaban J connectivity index is 0.000000336. The number of aromatic carboxylic acids is 1. The van der Waals surface area contributed by atoms with Crippen LogP contribution in [0, 0.1) is 0 Å². The molecule has 5 heteroatoms. The Hall–Kier alpha value is -2.30. The van der Waals surface area contributed by atoms with Crippen LogP contribution in [0.4, 0.5) is 5.69 Å². The predicted molar refractivity (Wildman–Crippen MR) is 57.2 cm³/mol. The first-order valence-electron chi connectivity index (χ1n) is 3.98. The van der Waals surface area contributed by atoms with Gasteiger partial charge in [-0.3, -0.25) is 4.79 Å². The van der Waals surface area contributed by atoms with Crippen molar-refractivity contribution in [1.82, 2.24) is 0 Å². The van der Waals surface area contributed by atoms with E-state index in [-0.39, 0.29) is 5.56 Å². The molecule has 1 amide bonds. The summed E-state index contributed by atoms with van der Waals surface area (Å²) in [4.78, 5) is 19.7. The van der Waals surface area contributed by atoms with Gasteiger partial charge in [-0.25, -0.2) is 4.79 Å². The zero-order valence-corrected chi connectivity index (χ0v) is 8.01. The Kier molecular flexibility index (Phi) is 5.25. The molecule has 0 saturated carbocycles. The summed E-state index contributed by atoms with van der Waals surface area (Å²) in [7, 11) is 0. The lowest BCUT2D eigenvalue weighted by Gasteiger charge is -1.93. The Morgan fingerprint density at radius 2 is 1.67 bits per heavy atom. The summed E-state index contributed by atoms with van der Waals surface area (Å²) < 4.78 is 0. The summed E-state index contributed by atoms with van der Waals surface area (Å²) in [6.07, 6.45) is 1.06. The Morgan fingerprint density at radius 3 is 1.93 bits per heavy atom. The average molecular weight is 208 g/mol. The van der Waals surface area contributed by atoms with Crippen LogP contribution in [0.15, 0.2) is 36.9 Å². The number of nitrogen functional groups attached to an aromatic ring is 1. The van der Waals surface area contributed by atoms with Crippen LogP contribution in [0.1, 0.15) is 10.4 Å². The van der Waals surface area contributed by atoms with Gasteiger partial charge in [0.1, 0.15) is 0 Å². The van der Waals surface area contributed by atoms with Crippen molar-refractivity contribution in [3.05, 3.63) is 42.5 Å². The van der Waals surface area contributed by atoms with Gasteiger partial charge in [-0.2, -0.15) is 0 Å². The minimum Gasteiger partial charge on any atom is -0.478 e. The van der Waals surface area contributed by atoms with Crippen LogP contribution in [-0.2, 0) is 4.79 Å². The fourth-order valence-electron chi connectivity index (χ4n) is 0.626. The molecule has 0 aliphatic heterocycles. The third kappa shape index (κ3) is 5.87. The number of carbonyl (C=O) groups is 2. The molecule has 0 bridgehead atoms. The van der Waals surface area contributed by atoms with Crippen LogP contribution >= 0.6 is 0 Å². The summed E-state index contributed by atoms with van der Waals surface area (Å²) in [5.74, 6) is -1.41. The number of carboxylic acids is 1. The largest absolute Gasteiger partial charge is 0.478 e. The Bertz CT molecular complexity index is 357. The number of carbonyl (C=O) groups excluding carboxylic acids is 1. The van der Waals surface area contributed by atoms with Crippen molar-refractivity contribution in [2.24, 2.45) is 5.73 Å². The molecule has 15 heavy (non-hydrogen) atoms. The van der Waals surface area contributed by atoms with E-state index in [2.05, 4.69) is 12.3 Å². The number of primary amides is 1. The van der Waals surface area contributed by atoms with Crippen molar-refractivity contribution < 1.29 is 14.7 Å². The van der Waals surface area contributed by atoms with E-state index in [4.69, 9.17) is 10.8 Å². The molecule has 1 aromatic carbocycles. The minimum absolute atomic E-state index is 0.259. The zero-order valence-electron chi connectivity index (χ0n) is 8.01. The van der Waals surface area contributed by atoms with Gasteiger partial charge in [0.25, 0.3) is 0 Å². The minimum atomic E-state index is -0.931. The lowest BCUT2D eigenvalue weighted by atomic mass is 10.2. The monoisotopic (exact) mass is 208 g/mol. The molecule has 0 spiro atoms. The summed E-state index contributed by atoms with van der Waals surface area (Å²) >= 11 is 0. The highest BCUT2D eigenvalue weighted by Crippen LogP contribution is 2.04. The van der Waals surface area contributed by atoms with Gasteiger partial charge in [-0.1, -0.05) is 6.58 Å². The smallest absolute Gasteiger partial charge is 0.335 e. The summed E-state index contributed by atoms with van der Waals surface area (Å²) in [6.45, 7) is 3.09. The fourth-order valence-corrected chi connectivity index (χ4v) is 0.626. The molecule has 1 rings (SSSR count). The third-order valence-electron chi connectivity index (χ3n) is 1.36. The number of nitrogens with two attached hydrogens (primary N) is 2. The van der Waals surface area contributed by atoms with Crippen molar-refractivity contribution in [3.63, 3.8) is 0 Å². The van der Waals surface area contributed by atoms with E-state index in [0.29, 0.717) is 5.69 Å². The number of carboxylic acid groups (broad SMARTS) is 1. The predicted octanol–water partition coefficient (Wildman–Crippen LogP) is 0.625. The van der Waals surface area contributed by atoms with Crippen LogP contribution in [0.2, 0.25) is 0 Å². The second-order valence-corrected chi connectivity index (χ2v) is 2.53. The highest BCUT2D eigenvalue weighted by Gasteiger charge is 1.98. The van der Waals surface area contributed by atoms with Crippen LogP contribution < -0.4 is 11.5 Å². The van der Waals surface area contributed by atoms with E-state index in [9.17, 15) is 9.59 Å². The molecule has 0 aliphatic rings. The molecule has 0 unspecified atom stereocenters. The van der Waals surface area contributed by atoms with Crippen LogP contribution in [0.5, 0.6) is 0 Å². The van der Waals surface area contributed by atoms with Crippen molar-refractivity contribution in [3.8, 4) is 0 Å². The number of benzene rings is 1. The summed E-state index contributed by atoms with van der Waals surface area (Å²) in [6, 6.07) is 6.06. The van der Waals surface area contributed by atoms with Gasteiger partial charge in [0.05, 0.1) is 5.56 Å². The maximum absolute atomic E-state index is 10.3. The first-order chi connectivity index (χ1) is 6.97. The highest BCUT2D eigenvalue weighted by atomic mass is 16.4. The van der Waals surface area contributed by atoms with Gasteiger partial charge < -0.3 is 16.6 Å². The second-order valence-electron chi connectivity index (χ2n) is 2.53. The van der Waals surface area contributed by atoms with Gasteiger partial charge >= 0.3 is 5.97 Å².